The third kappa shape index (κ3) is 1.93. The number of rotatable bonds is 3. The molecule has 0 aromatic carbocycles. The molecule has 0 aliphatic carbocycles. The first-order valence-electron chi connectivity index (χ1n) is 4.23. The molecule has 0 spiro atoms. The van der Waals surface area contributed by atoms with Crippen molar-refractivity contribution in [3.8, 4) is 0 Å². The zero-order chi connectivity index (χ0) is 10.7. The summed E-state index contributed by atoms with van der Waals surface area (Å²) in [7, 11) is 0. The van der Waals surface area contributed by atoms with E-state index in [0.29, 0.717) is 0 Å². The Kier molecular flexibility index (Phi) is 2.32. The zero-order valence-electron chi connectivity index (χ0n) is 7.69. The van der Waals surface area contributed by atoms with Gasteiger partial charge in [0.15, 0.2) is 5.69 Å². The first kappa shape index (κ1) is 9.20. The van der Waals surface area contributed by atoms with E-state index in [1.54, 1.807) is 30.6 Å². The molecule has 2 rings (SSSR count). The molecule has 0 radical (unpaired) electrons. The molecule has 2 aromatic rings. The maximum absolute atomic E-state index is 10.7. The smallest absolute Gasteiger partial charge is 0.354 e. The lowest BCUT2D eigenvalue weighted by atomic mass is 10.4. The molecule has 0 unspecified atom stereocenters. The summed E-state index contributed by atoms with van der Waals surface area (Å²) in [5, 5.41) is 16.3. The second-order valence-corrected chi connectivity index (χ2v) is 2.79. The zero-order valence-corrected chi connectivity index (χ0v) is 7.69. The Bertz CT molecular complexity index is 484. The Morgan fingerprint density at radius 1 is 1.13 bits per heavy atom. The summed E-state index contributed by atoms with van der Waals surface area (Å²) in [5.41, 5.74) is 0.0749. The first-order chi connectivity index (χ1) is 7.27. The molecule has 0 amide bonds. The Hall–Kier alpha value is -2.37. The Morgan fingerprint density at radius 2 is 1.87 bits per heavy atom. The minimum Gasteiger partial charge on any atom is -0.477 e. The van der Waals surface area contributed by atoms with E-state index in [1.165, 1.54) is 21.6 Å². The van der Waals surface area contributed by atoms with Crippen LogP contribution in [0, 0.1) is 0 Å². The molecule has 6 nitrogen and oxygen atoms in total. The van der Waals surface area contributed by atoms with Crippen molar-refractivity contribution in [3.05, 3.63) is 48.5 Å². The van der Waals surface area contributed by atoms with Crippen molar-refractivity contribution in [2.24, 2.45) is 10.4 Å². The minimum absolute atomic E-state index is 0.0749. The van der Waals surface area contributed by atoms with E-state index in [0.717, 1.165) is 0 Å². The molecule has 0 fully saturated rings. The largest absolute Gasteiger partial charge is 0.477 e. The Labute approximate surface area is 85.0 Å². The lowest BCUT2D eigenvalue weighted by Gasteiger charge is -1.95. The van der Waals surface area contributed by atoms with Crippen LogP contribution in [0.2, 0.25) is 0 Å². The number of aromatic nitrogens is 2. The van der Waals surface area contributed by atoms with Gasteiger partial charge in [0, 0.05) is 18.6 Å². The maximum atomic E-state index is 10.7. The number of nitrogens with zero attached hydrogens (tertiary/aromatic N) is 4. The van der Waals surface area contributed by atoms with Crippen LogP contribution in [0.3, 0.4) is 0 Å². The molecule has 2 heterocycles. The predicted octanol–water partition coefficient (Wildman–Crippen LogP) is 1.67. The van der Waals surface area contributed by atoms with Crippen molar-refractivity contribution in [2.45, 2.75) is 0 Å². The summed E-state index contributed by atoms with van der Waals surface area (Å²) in [4.78, 5) is 10.7. The highest BCUT2D eigenvalue weighted by Crippen LogP contribution is 2.02. The summed E-state index contributed by atoms with van der Waals surface area (Å²) >= 11 is 0. The normalized spacial score (nSPS) is 10.9. The highest BCUT2D eigenvalue weighted by molar-refractivity contribution is 5.85. The number of carboxylic acids is 1. The van der Waals surface area contributed by atoms with E-state index < -0.39 is 5.97 Å². The van der Waals surface area contributed by atoms with E-state index in [2.05, 4.69) is 10.4 Å². The van der Waals surface area contributed by atoms with Crippen LogP contribution in [0.1, 0.15) is 10.5 Å². The van der Waals surface area contributed by atoms with Crippen molar-refractivity contribution >= 4 is 5.97 Å². The lowest BCUT2D eigenvalue weighted by Crippen LogP contribution is -2.02. The van der Waals surface area contributed by atoms with Crippen LogP contribution in [0.4, 0.5) is 0 Å². The number of hydrogen-bond donors (Lipinski definition) is 1. The monoisotopic (exact) mass is 204 g/mol. The molecular formula is C9H8N4O2. The number of aromatic carboxylic acids is 1. The van der Waals surface area contributed by atoms with Crippen LogP contribution in [0.15, 0.2) is 53.3 Å². The van der Waals surface area contributed by atoms with Crippen molar-refractivity contribution in [1.29, 1.82) is 0 Å². The van der Waals surface area contributed by atoms with Crippen LogP contribution in [-0.2, 0) is 0 Å². The summed E-state index contributed by atoms with van der Waals surface area (Å²) in [6.45, 7) is 0. The maximum Gasteiger partial charge on any atom is 0.354 e. The summed E-state index contributed by atoms with van der Waals surface area (Å²) in [6, 6.07) is 6.65. The van der Waals surface area contributed by atoms with Crippen LogP contribution >= 0.6 is 0 Å². The molecule has 0 atom stereocenters. The summed E-state index contributed by atoms with van der Waals surface area (Å²) in [6.07, 6.45) is 4.93. The van der Waals surface area contributed by atoms with E-state index in [1.807, 2.05) is 0 Å². The molecule has 76 valence electrons. The van der Waals surface area contributed by atoms with Gasteiger partial charge in [-0.3, -0.25) is 0 Å². The molecular weight excluding hydrogens is 196 g/mol. The molecule has 0 saturated carbocycles. The van der Waals surface area contributed by atoms with Gasteiger partial charge in [0.2, 0.25) is 0 Å². The van der Waals surface area contributed by atoms with E-state index >= 15 is 0 Å². The van der Waals surface area contributed by atoms with Gasteiger partial charge in [-0.2, -0.15) is 0 Å². The number of carboxylic acid groups (broad SMARTS) is 1. The average Bonchev–Trinajstić information content (AvgIpc) is 2.86. The van der Waals surface area contributed by atoms with E-state index in [-0.39, 0.29) is 5.69 Å². The minimum atomic E-state index is -1.04. The van der Waals surface area contributed by atoms with Gasteiger partial charge < -0.3 is 5.11 Å². The van der Waals surface area contributed by atoms with Gasteiger partial charge in [0.1, 0.15) is 0 Å². The van der Waals surface area contributed by atoms with Crippen molar-refractivity contribution in [1.82, 2.24) is 9.35 Å². The number of carbonyl (C=O) groups is 1. The summed E-state index contributed by atoms with van der Waals surface area (Å²) in [5.74, 6) is -1.04. The topological polar surface area (TPSA) is 71.9 Å². The van der Waals surface area contributed by atoms with Crippen molar-refractivity contribution in [3.63, 3.8) is 0 Å². The van der Waals surface area contributed by atoms with Crippen molar-refractivity contribution in [2.75, 3.05) is 0 Å². The van der Waals surface area contributed by atoms with Gasteiger partial charge in [0.25, 0.3) is 0 Å². The molecule has 0 aliphatic heterocycles. The SMILES string of the molecule is O=C(O)c1cccn1/N=N/n1cccc1. The second-order valence-electron chi connectivity index (χ2n) is 2.79. The second kappa shape index (κ2) is 3.79. The van der Waals surface area contributed by atoms with E-state index in [9.17, 15) is 4.79 Å². The third-order valence-electron chi connectivity index (χ3n) is 1.78. The fourth-order valence-electron chi connectivity index (χ4n) is 1.09. The fraction of sp³-hybridized carbons (Fsp3) is 0. The molecule has 2 aromatic heterocycles. The third-order valence-corrected chi connectivity index (χ3v) is 1.78. The van der Waals surface area contributed by atoms with Gasteiger partial charge in [-0.1, -0.05) is 0 Å². The standard InChI is InChI=1S/C9H8N4O2/c14-9(15)8-4-3-7-13(8)11-10-12-5-1-2-6-12/h1-7H,(H,14,15)/b11-10+. The highest BCUT2D eigenvalue weighted by Gasteiger charge is 2.07. The van der Waals surface area contributed by atoms with Crippen LogP contribution in [0.5, 0.6) is 0 Å². The van der Waals surface area contributed by atoms with Gasteiger partial charge in [-0.05, 0) is 34.7 Å². The molecule has 15 heavy (non-hydrogen) atoms. The summed E-state index contributed by atoms with van der Waals surface area (Å²) < 4.78 is 2.67. The Morgan fingerprint density at radius 3 is 2.53 bits per heavy atom. The van der Waals surface area contributed by atoms with Gasteiger partial charge in [-0.15, -0.1) is 0 Å². The van der Waals surface area contributed by atoms with Crippen LogP contribution < -0.4 is 0 Å². The quantitative estimate of drug-likeness (QED) is 0.772. The van der Waals surface area contributed by atoms with Crippen LogP contribution in [-0.4, -0.2) is 20.4 Å². The van der Waals surface area contributed by atoms with Crippen molar-refractivity contribution < 1.29 is 9.90 Å². The van der Waals surface area contributed by atoms with Crippen LogP contribution in [0.25, 0.3) is 0 Å². The number of hydrogen-bond acceptors (Lipinski definition) is 3. The van der Waals surface area contributed by atoms with E-state index in [4.69, 9.17) is 5.11 Å². The van der Waals surface area contributed by atoms with Gasteiger partial charge in [-0.25, -0.2) is 14.1 Å². The molecule has 6 heteroatoms. The molecule has 1 N–H and O–H groups in total. The lowest BCUT2D eigenvalue weighted by molar-refractivity contribution is 0.0685. The fourth-order valence-corrected chi connectivity index (χ4v) is 1.09. The predicted molar refractivity (Wildman–Crippen MR) is 51.5 cm³/mol. The highest BCUT2D eigenvalue weighted by atomic mass is 16.4. The first-order valence-corrected chi connectivity index (χ1v) is 4.23. The van der Waals surface area contributed by atoms with Gasteiger partial charge >= 0.3 is 5.97 Å². The average molecular weight is 204 g/mol. The Balaban J connectivity index is 2.24. The van der Waals surface area contributed by atoms with Gasteiger partial charge in [0.05, 0.1) is 0 Å². The molecule has 0 saturated heterocycles. The molecule has 0 aliphatic rings. The molecule has 0 bridgehead atoms.